The van der Waals surface area contributed by atoms with Crippen molar-refractivity contribution in [1.29, 1.82) is 0 Å². The first-order valence-corrected chi connectivity index (χ1v) is 10.3. The molecule has 1 N–H and O–H groups in total. The number of nitrogens with zero attached hydrogens (tertiary/aromatic N) is 1. The molecule has 0 bridgehead atoms. The Kier molecular flexibility index (Phi) is 6.68. The Labute approximate surface area is 173 Å². The van der Waals surface area contributed by atoms with Crippen molar-refractivity contribution in [3.05, 3.63) is 53.6 Å². The van der Waals surface area contributed by atoms with Crippen LogP contribution in [-0.4, -0.2) is 37.4 Å². The molecule has 0 aliphatic carbocycles. The molecule has 0 aromatic heterocycles. The van der Waals surface area contributed by atoms with Gasteiger partial charge in [0.1, 0.15) is 24.7 Å². The van der Waals surface area contributed by atoms with Gasteiger partial charge in [-0.05, 0) is 67.1 Å². The molecule has 5 heteroatoms. The van der Waals surface area contributed by atoms with Crippen molar-refractivity contribution >= 4 is 11.7 Å². The van der Waals surface area contributed by atoms with Crippen molar-refractivity contribution < 1.29 is 19.4 Å². The molecule has 5 nitrogen and oxygen atoms in total. The standard InChI is InChI=1S/C24H31NO4/c1-24(2,3)21-17-18(7-12-22(21)26)23(27)29-16-15-28-20-10-8-19(9-11-20)25-13-5-4-6-14-25/h7-12,17,26H,4-6,13-16H2,1-3H3. The first-order valence-electron chi connectivity index (χ1n) is 10.3. The fourth-order valence-electron chi connectivity index (χ4n) is 3.55. The SMILES string of the molecule is CC(C)(C)c1cc(C(=O)OCCOc2ccc(N3CCCCC3)cc2)ccc1O. The lowest BCUT2D eigenvalue weighted by Crippen LogP contribution is -2.29. The van der Waals surface area contributed by atoms with Gasteiger partial charge in [0.05, 0.1) is 5.56 Å². The van der Waals surface area contributed by atoms with Crippen LogP contribution in [0.5, 0.6) is 11.5 Å². The third-order valence-electron chi connectivity index (χ3n) is 5.18. The maximum Gasteiger partial charge on any atom is 0.338 e. The highest BCUT2D eigenvalue weighted by Gasteiger charge is 2.20. The summed E-state index contributed by atoms with van der Waals surface area (Å²) in [7, 11) is 0. The van der Waals surface area contributed by atoms with Gasteiger partial charge in [0.25, 0.3) is 0 Å². The van der Waals surface area contributed by atoms with Gasteiger partial charge in [-0.1, -0.05) is 20.8 Å². The molecular formula is C24H31NO4. The third kappa shape index (κ3) is 5.66. The van der Waals surface area contributed by atoms with Crippen LogP contribution in [0.25, 0.3) is 0 Å². The van der Waals surface area contributed by atoms with Crippen LogP contribution in [0.4, 0.5) is 5.69 Å². The van der Waals surface area contributed by atoms with Crippen molar-refractivity contribution in [3.8, 4) is 11.5 Å². The van der Waals surface area contributed by atoms with E-state index in [0.29, 0.717) is 12.2 Å². The number of phenols is 1. The highest BCUT2D eigenvalue weighted by Crippen LogP contribution is 2.31. The van der Waals surface area contributed by atoms with Crippen molar-refractivity contribution in [2.75, 3.05) is 31.2 Å². The van der Waals surface area contributed by atoms with E-state index in [1.807, 2.05) is 32.9 Å². The van der Waals surface area contributed by atoms with Crippen molar-refractivity contribution in [2.24, 2.45) is 0 Å². The summed E-state index contributed by atoms with van der Waals surface area (Å²) < 4.78 is 11.0. The van der Waals surface area contributed by atoms with Gasteiger partial charge in [-0.15, -0.1) is 0 Å². The van der Waals surface area contributed by atoms with Gasteiger partial charge in [0.2, 0.25) is 0 Å². The number of aromatic hydroxyl groups is 1. The summed E-state index contributed by atoms with van der Waals surface area (Å²) in [5.74, 6) is 0.534. The van der Waals surface area contributed by atoms with E-state index in [1.54, 1.807) is 12.1 Å². The van der Waals surface area contributed by atoms with Crippen LogP contribution in [-0.2, 0) is 10.2 Å². The molecule has 1 aliphatic heterocycles. The highest BCUT2D eigenvalue weighted by molar-refractivity contribution is 5.90. The molecule has 0 amide bonds. The predicted octanol–water partition coefficient (Wildman–Crippen LogP) is 4.92. The topological polar surface area (TPSA) is 59.0 Å². The maximum absolute atomic E-state index is 12.3. The summed E-state index contributed by atoms with van der Waals surface area (Å²) in [4.78, 5) is 14.7. The number of carbonyl (C=O) groups excluding carboxylic acids is 1. The van der Waals surface area contributed by atoms with Crippen molar-refractivity contribution in [3.63, 3.8) is 0 Å². The fraction of sp³-hybridized carbons (Fsp3) is 0.458. The second kappa shape index (κ2) is 9.21. The number of piperidine rings is 1. The van der Waals surface area contributed by atoms with Gasteiger partial charge >= 0.3 is 5.97 Å². The molecule has 3 rings (SSSR count). The van der Waals surface area contributed by atoms with Crippen LogP contribution in [0.15, 0.2) is 42.5 Å². The Morgan fingerprint density at radius 1 is 1.00 bits per heavy atom. The number of ether oxygens (including phenoxy) is 2. The Bertz CT molecular complexity index is 818. The van der Waals surface area contributed by atoms with E-state index < -0.39 is 5.97 Å². The summed E-state index contributed by atoms with van der Waals surface area (Å²) in [6, 6.07) is 12.9. The minimum absolute atomic E-state index is 0.165. The van der Waals surface area contributed by atoms with Crippen LogP contribution in [0.2, 0.25) is 0 Å². The van der Waals surface area contributed by atoms with Crippen LogP contribution >= 0.6 is 0 Å². The summed E-state index contributed by atoms with van der Waals surface area (Å²) in [6.45, 7) is 8.65. The molecule has 1 aliphatic rings. The van der Waals surface area contributed by atoms with Crippen LogP contribution in [0.3, 0.4) is 0 Å². The number of esters is 1. The lowest BCUT2D eigenvalue weighted by Gasteiger charge is -2.28. The number of carbonyl (C=O) groups is 1. The smallest absolute Gasteiger partial charge is 0.338 e. The first kappa shape index (κ1) is 21.0. The van der Waals surface area contributed by atoms with E-state index in [4.69, 9.17) is 9.47 Å². The average molecular weight is 398 g/mol. The zero-order valence-corrected chi connectivity index (χ0v) is 17.6. The summed E-state index contributed by atoms with van der Waals surface area (Å²) >= 11 is 0. The number of rotatable bonds is 6. The zero-order chi connectivity index (χ0) is 20.9. The van der Waals surface area contributed by atoms with Gasteiger partial charge in [-0.25, -0.2) is 4.79 Å². The summed E-state index contributed by atoms with van der Waals surface area (Å²) in [6.07, 6.45) is 3.82. The molecule has 0 radical (unpaired) electrons. The molecule has 1 heterocycles. The molecule has 1 saturated heterocycles. The second-order valence-electron chi connectivity index (χ2n) is 8.51. The molecule has 2 aromatic carbocycles. The lowest BCUT2D eigenvalue weighted by atomic mass is 9.85. The van der Waals surface area contributed by atoms with Crippen LogP contribution < -0.4 is 9.64 Å². The first-order chi connectivity index (χ1) is 13.8. The van der Waals surface area contributed by atoms with E-state index in [0.717, 1.165) is 24.4 Å². The largest absolute Gasteiger partial charge is 0.508 e. The Balaban J connectivity index is 1.47. The van der Waals surface area contributed by atoms with E-state index >= 15 is 0 Å². The Morgan fingerprint density at radius 3 is 2.34 bits per heavy atom. The minimum atomic E-state index is -0.417. The highest BCUT2D eigenvalue weighted by atomic mass is 16.6. The van der Waals surface area contributed by atoms with Crippen molar-refractivity contribution in [1.82, 2.24) is 0 Å². The molecule has 0 saturated carbocycles. The van der Waals surface area contributed by atoms with Gasteiger partial charge in [-0.3, -0.25) is 0 Å². The average Bonchev–Trinajstić information content (AvgIpc) is 2.71. The zero-order valence-electron chi connectivity index (χ0n) is 17.6. The quantitative estimate of drug-likeness (QED) is 0.554. The predicted molar refractivity (Wildman–Crippen MR) is 115 cm³/mol. The van der Waals surface area contributed by atoms with Gasteiger partial charge in [0.15, 0.2) is 0 Å². The number of hydrogen-bond acceptors (Lipinski definition) is 5. The molecule has 156 valence electrons. The maximum atomic E-state index is 12.3. The molecule has 2 aromatic rings. The minimum Gasteiger partial charge on any atom is -0.508 e. The number of phenolic OH excluding ortho intramolecular Hbond substituents is 1. The van der Waals surface area contributed by atoms with E-state index in [9.17, 15) is 9.90 Å². The van der Waals surface area contributed by atoms with Crippen LogP contribution in [0, 0.1) is 0 Å². The van der Waals surface area contributed by atoms with Crippen LogP contribution in [0.1, 0.15) is 56.0 Å². The third-order valence-corrected chi connectivity index (χ3v) is 5.18. The number of hydrogen-bond donors (Lipinski definition) is 1. The molecule has 0 spiro atoms. The van der Waals surface area contributed by atoms with Gasteiger partial charge in [0, 0.05) is 24.3 Å². The van der Waals surface area contributed by atoms with E-state index in [2.05, 4.69) is 17.0 Å². The van der Waals surface area contributed by atoms with Crippen molar-refractivity contribution in [2.45, 2.75) is 45.4 Å². The molecule has 29 heavy (non-hydrogen) atoms. The monoisotopic (exact) mass is 397 g/mol. The molecular weight excluding hydrogens is 366 g/mol. The Morgan fingerprint density at radius 2 is 1.69 bits per heavy atom. The summed E-state index contributed by atoms with van der Waals surface area (Å²) in [5.41, 5.74) is 2.12. The number of anilines is 1. The summed E-state index contributed by atoms with van der Waals surface area (Å²) in [5, 5.41) is 10.0. The van der Waals surface area contributed by atoms with E-state index in [-0.39, 0.29) is 17.8 Å². The van der Waals surface area contributed by atoms with Gasteiger partial charge in [-0.2, -0.15) is 0 Å². The lowest BCUT2D eigenvalue weighted by molar-refractivity contribution is 0.0450. The molecule has 0 atom stereocenters. The fourth-order valence-corrected chi connectivity index (χ4v) is 3.55. The number of benzene rings is 2. The molecule has 1 fully saturated rings. The Hall–Kier alpha value is -2.69. The molecule has 0 unspecified atom stereocenters. The van der Waals surface area contributed by atoms with E-state index in [1.165, 1.54) is 31.0 Å². The second-order valence-corrected chi connectivity index (χ2v) is 8.51. The normalized spacial score (nSPS) is 14.5. The van der Waals surface area contributed by atoms with Gasteiger partial charge < -0.3 is 19.5 Å².